The Bertz CT molecular complexity index is 744. The number of hydrogen-bond donors (Lipinski definition) is 0. The number of cyclic esters (lactones) is 2. The number of ether oxygens (including phenoxy) is 5. The quantitative estimate of drug-likeness (QED) is 0.411. The molecule has 0 spiro atoms. The molecule has 0 N–H and O–H groups in total. The molecule has 3 rings (SSSR count). The second-order valence-corrected chi connectivity index (χ2v) is 6.95. The summed E-state index contributed by atoms with van der Waals surface area (Å²) in [6.45, 7) is 7.49. The number of hydrogen-bond acceptors (Lipinski definition) is 8. The van der Waals surface area contributed by atoms with Gasteiger partial charge in [-0.3, -0.25) is 4.90 Å². The third kappa shape index (κ3) is 5.02. The molecule has 2 aliphatic heterocycles. The summed E-state index contributed by atoms with van der Waals surface area (Å²) in [6.07, 6.45) is 1.42. The van der Waals surface area contributed by atoms with Crippen molar-refractivity contribution >= 4 is 18.0 Å². The molecule has 2 heterocycles. The van der Waals surface area contributed by atoms with Crippen molar-refractivity contribution < 1.29 is 33.3 Å². The summed E-state index contributed by atoms with van der Waals surface area (Å²) in [4.78, 5) is 26.5. The summed E-state index contributed by atoms with van der Waals surface area (Å²) in [5.41, 5.74) is 0.439. The maximum atomic E-state index is 12.1. The van der Waals surface area contributed by atoms with Gasteiger partial charge < -0.3 is 23.7 Å². The second kappa shape index (κ2) is 8.62. The lowest BCUT2D eigenvalue weighted by Gasteiger charge is -2.29. The van der Waals surface area contributed by atoms with Gasteiger partial charge in [-0.05, 0) is 23.8 Å². The maximum Gasteiger partial charge on any atom is 0.348 e. The minimum absolute atomic E-state index is 0.163. The van der Waals surface area contributed by atoms with Crippen LogP contribution in [0.5, 0.6) is 11.5 Å². The van der Waals surface area contributed by atoms with Crippen molar-refractivity contribution in [2.24, 2.45) is 0 Å². The zero-order valence-corrected chi connectivity index (χ0v) is 16.4. The third-order valence-electron chi connectivity index (χ3n) is 4.38. The summed E-state index contributed by atoms with van der Waals surface area (Å²) < 4.78 is 26.8. The molecule has 0 saturated carbocycles. The molecule has 1 aromatic carbocycles. The molecular formula is C20H25NO7. The average molecular weight is 391 g/mol. The lowest BCUT2D eigenvalue weighted by atomic mass is 10.1. The van der Waals surface area contributed by atoms with Crippen LogP contribution in [-0.2, 0) is 23.8 Å². The van der Waals surface area contributed by atoms with E-state index in [1.807, 2.05) is 0 Å². The van der Waals surface area contributed by atoms with Gasteiger partial charge in [-0.25, -0.2) is 9.59 Å². The molecule has 8 heteroatoms. The van der Waals surface area contributed by atoms with Crippen LogP contribution in [0, 0.1) is 0 Å². The van der Waals surface area contributed by atoms with Gasteiger partial charge in [0, 0.05) is 33.5 Å². The van der Waals surface area contributed by atoms with Gasteiger partial charge in [0.05, 0.1) is 20.3 Å². The summed E-state index contributed by atoms with van der Waals surface area (Å²) in [6, 6.07) is 5.16. The fraction of sp³-hybridized carbons (Fsp3) is 0.500. The Morgan fingerprint density at radius 1 is 1.11 bits per heavy atom. The van der Waals surface area contributed by atoms with E-state index in [4.69, 9.17) is 23.7 Å². The number of morpholine rings is 1. The van der Waals surface area contributed by atoms with Gasteiger partial charge in [0.15, 0.2) is 11.5 Å². The minimum atomic E-state index is -1.26. The van der Waals surface area contributed by atoms with Gasteiger partial charge >= 0.3 is 11.9 Å². The van der Waals surface area contributed by atoms with E-state index < -0.39 is 17.7 Å². The second-order valence-electron chi connectivity index (χ2n) is 6.95. The van der Waals surface area contributed by atoms with Crippen molar-refractivity contribution in [2.45, 2.75) is 19.6 Å². The molecular weight excluding hydrogens is 366 g/mol. The Hall–Kier alpha value is -2.58. The molecule has 1 aromatic rings. The first-order valence-corrected chi connectivity index (χ1v) is 9.17. The molecule has 0 atom stereocenters. The van der Waals surface area contributed by atoms with E-state index in [1.54, 1.807) is 25.3 Å². The first kappa shape index (κ1) is 20.2. The molecule has 0 unspecified atom stereocenters. The highest BCUT2D eigenvalue weighted by Gasteiger charge is 2.38. The van der Waals surface area contributed by atoms with Crippen LogP contribution >= 0.6 is 0 Å². The van der Waals surface area contributed by atoms with E-state index in [0.29, 0.717) is 23.7 Å². The van der Waals surface area contributed by atoms with Crippen molar-refractivity contribution in [3.63, 3.8) is 0 Å². The van der Waals surface area contributed by atoms with Crippen LogP contribution in [0.3, 0.4) is 0 Å². The van der Waals surface area contributed by atoms with E-state index in [2.05, 4.69) is 4.90 Å². The van der Waals surface area contributed by atoms with Crippen molar-refractivity contribution in [3.8, 4) is 11.5 Å². The van der Waals surface area contributed by atoms with Crippen molar-refractivity contribution in [1.82, 2.24) is 4.90 Å². The van der Waals surface area contributed by atoms with Crippen molar-refractivity contribution in [2.75, 3.05) is 46.6 Å². The Morgan fingerprint density at radius 2 is 1.79 bits per heavy atom. The molecule has 2 fully saturated rings. The number of benzene rings is 1. The first-order chi connectivity index (χ1) is 13.4. The van der Waals surface area contributed by atoms with Crippen molar-refractivity contribution in [1.29, 1.82) is 0 Å². The monoisotopic (exact) mass is 391 g/mol. The molecule has 28 heavy (non-hydrogen) atoms. The van der Waals surface area contributed by atoms with Gasteiger partial charge in [0.2, 0.25) is 0 Å². The van der Waals surface area contributed by atoms with E-state index in [9.17, 15) is 9.59 Å². The molecule has 152 valence electrons. The number of esters is 2. The number of carbonyl (C=O) groups excluding carboxylic acids is 2. The normalized spacial score (nSPS) is 19.6. The standard InChI is InChI=1S/C20H25NO7/c1-20(2)27-18(22)15(19(23)28-20)12-14-4-5-16(24-3)17(13-14)26-11-8-21-6-9-25-10-7-21/h4-5,12-13H,6-11H2,1-3H3. The van der Waals surface area contributed by atoms with Gasteiger partial charge in [0.1, 0.15) is 12.2 Å². The van der Waals surface area contributed by atoms with Crippen LogP contribution in [0.2, 0.25) is 0 Å². The topological polar surface area (TPSA) is 83.5 Å². The summed E-state index contributed by atoms with van der Waals surface area (Å²) in [5, 5.41) is 0. The summed E-state index contributed by atoms with van der Waals surface area (Å²) >= 11 is 0. The van der Waals surface area contributed by atoms with Crippen LogP contribution in [0.1, 0.15) is 19.4 Å². The van der Waals surface area contributed by atoms with Gasteiger partial charge in [-0.1, -0.05) is 6.07 Å². The predicted molar refractivity (Wildman–Crippen MR) is 100.0 cm³/mol. The number of rotatable bonds is 6. The molecule has 0 bridgehead atoms. The van der Waals surface area contributed by atoms with Crippen molar-refractivity contribution in [3.05, 3.63) is 29.3 Å². The van der Waals surface area contributed by atoms with E-state index in [0.717, 1.165) is 32.8 Å². The average Bonchev–Trinajstić information content (AvgIpc) is 2.65. The van der Waals surface area contributed by atoms with E-state index in [1.165, 1.54) is 19.9 Å². The first-order valence-electron chi connectivity index (χ1n) is 9.17. The van der Waals surface area contributed by atoms with E-state index in [-0.39, 0.29) is 5.57 Å². The number of methoxy groups -OCH3 is 1. The predicted octanol–water partition coefficient (Wildman–Crippen LogP) is 1.63. The Balaban J connectivity index is 1.71. The molecule has 0 radical (unpaired) electrons. The largest absolute Gasteiger partial charge is 0.493 e. The van der Waals surface area contributed by atoms with E-state index >= 15 is 0 Å². The van der Waals surface area contributed by atoms with Crippen LogP contribution in [0.25, 0.3) is 6.08 Å². The van der Waals surface area contributed by atoms with Gasteiger partial charge in [0.25, 0.3) is 5.79 Å². The van der Waals surface area contributed by atoms with Gasteiger partial charge in [-0.15, -0.1) is 0 Å². The smallest absolute Gasteiger partial charge is 0.348 e. The highest BCUT2D eigenvalue weighted by atomic mass is 16.7. The minimum Gasteiger partial charge on any atom is -0.493 e. The molecule has 0 aromatic heterocycles. The molecule has 0 amide bonds. The lowest BCUT2D eigenvalue weighted by molar-refractivity contribution is -0.222. The van der Waals surface area contributed by atoms with Crippen LogP contribution in [-0.4, -0.2) is 69.2 Å². The Kier molecular flexibility index (Phi) is 6.21. The number of nitrogens with zero attached hydrogens (tertiary/aromatic N) is 1. The zero-order chi connectivity index (χ0) is 20.1. The summed E-state index contributed by atoms with van der Waals surface area (Å²) in [7, 11) is 1.56. The molecule has 8 nitrogen and oxygen atoms in total. The maximum absolute atomic E-state index is 12.1. The zero-order valence-electron chi connectivity index (χ0n) is 16.4. The molecule has 2 aliphatic rings. The highest BCUT2D eigenvalue weighted by molar-refractivity contribution is 6.18. The van der Waals surface area contributed by atoms with Crippen LogP contribution in [0.15, 0.2) is 23.8 Å². The third-order valence-corrected chi connectivity index (χ3v) is 4.38. The van der Waals surface area contributed by atoms with Crippen LogP contribution < -0.4 is 9.47 Å². The van der Waals surface area contributed by atoms with Crippen LogP contribution in [0.4, 0.5) is 0 Å². The Labute approximate surface area is 163 Å². The molecule has 0 aliphatic carbocycles. The lowest BCUT2D eigenvalue weighted by Crippen LogP contribution is -2.41. The fourth-order valence-corrected chi connectivity index (χ4v) is 2.95. The number of carbonyl (C=O) groups is 2. The summed E-state index contributed by atoms with van der Waals surface area (Å²) in [5.74, 6) is -1.60. The fourth-order valence-electron chi connectivity index (χ4n) is 2.95. The molecule has 2 saturated heterocycles. The van der Waals surface area contributed by atoms with Gasteiger partial charge in [-0.2, -0.15) is 0 Å². The Morgan fingerprint density at radius 3 is 2.43 bits per heavy atom. The SMILES string of the molecule is COc1ccc(C=C2C(=O)OC(C)(C)OC2=O)cc1OCCN1CCOCC1. The highest BCUT2D eigenvalue weighted by Crippen LogP contribution is 2.30.